The summed E-state index contributed by atoms with van der Waals surface area (Å²) in [6.45, 7) is -0.304. The number of aliphatic hydroxyl groups excluding tert-OH is 1. The van der Waals surface area contributed by atoms with Crippen LogP contribution >= 0.6 is 0 Å². The van der Waals surface area contributed by atoms with E-state index in [1.54, 1.807) is 0 Å². The lowest BCUT2D eigenvalue weighted by Crippen LogP contribution is -2.41. The first kappa shape index (κ1) is 8.96. The molecule has 0 unspecified atom stereocenters. The van der Waals surface area contributed by atoms with Crippen LogP contribution in [0.4, 0.5) is 0 Å². The molecule has 0 aliphatic heterocycles. The Morgan fingerprint density at radius 1 is 1.45 bits per heavy atom. The molecule has 0 aromatic carbocycles. The van der Waals surface area contributed by atoms with E-state index in [0.29, 0.717) is 0 Å². The molecule has 1 fully saturated rings. The molecule has 0 saturated heterocycles. The van der Waals surface area contributed by atoms with Crippen molar-refractivity contribution in [3.8, 4) is 0 Å². The lowest BCUT2D eigenvalue weighted by molar-refractivity contribution is 0.317. The van der Waals surface area contributed by atoms with Crippen molar-refractivity contribution in [2.45, 2.75) is 25.3 Å². The number of hydrogen-bond donors (Lipinski definition) is 2. The molecule has 1 saturated carbocycles. The van der Waals surface area contributed by atoms with Crippen LogP contribution in [0, 0.1) is 0 Å². The zero-order valence-electron chi connectivity index (χ0n) is 6.28. The molecule has 0 aromatic heterocycles. The second-order valence-corrected chi connectivity index (χ2v) is 4.66. The molecule has 0 radical (unpaired) electrons. The van der Waals surface area contributed by atoms with Gasteiger partial charge in [0.25, 0.3) is 0 Å². The number of hydrogen-bond acceptors (Lipinski definition) is 3. The molecule has 2 N–H and O–H groups in total. The summed E-state index contributed by atoms with van der Waals surface area (Å²) >= 11 is 0. The van der Waals surface area contributed by atoms with Crippen molar-refractivity contribution in [3.63, 3.8) is 0 Å². The zero-order valence-corrected chi connectivity index (χ0v) is 7.10. The second-order valence-electron chi connectivity index (χ2n) is 2.79. The van der Waals surface area contributed by atoms with E-state index in [1.807, 2.05) is 0 Å². The fraction of sp³-hybridized carbons (Fsp3) is 1.00. The van der Waals surface area contributed by atoms with Gasteiger partial charge in [-0.25, -0.2) is 13.1 Å². The molecule has 0 bridgehead atoms. The Morgan fingerprint density at radius 2 is 2.09 bits per heavy atom. The standard InChI is InChI=1S/C6H13NO3S/c8-4-5-11(9,10)7-6-2-1-3-6/h6-8H,1-5H2. The molecule has 1 aliphatic rings. The summed E-state index contributed by atoms with van der Waals surface area (Å²) in [4.78, 5) is 0. The van der Waals surface area contributed by atoms with Gasteiger partial charge < -0.3 is 5.11 Å². The van der Waals surface area contributed by atoms with Crippen molar-refractivity contribution in [2.75, 3.05) is 12.4 Å². The summed E-state index contributed by atoms with van der Waals surface area (Å²) in [5.74, 6) is -0.177. The smallest absolute Gasteiger partial charge is 0.214 e. The Bertz CT molecular complexity index is 208. The van der Waals surface area contributed by atoms with Crippen LogP contribution in [-0.2, 0) is 10.0 Å². The number of nitrogens with one attached hydrogen (secondary N) is 1. The van der Waals surface area contributed by atoms with Gasteiger partial charge in [0, 0.05) is 6.04 Å². The minimum Gasteiger partial charge on any atom is -0.395 e. The average Bonchev–Trinajstić information content (AvgIpc) is 1.79. The molecule has 1 aliphatic carbocycles. The summed E-state index contributed by atoms with van der Waals surface area (Å²) in [7, 11) is -3.19. The normalized spacial score (nSPS) is 19.7. The van der Waals surface area contributed by atoms with Gasteiger partial charge in [-0.05, 0) is 12.8 Å². The lowest BCUT2D eigenvalue weighted by Gasteiger charge is -2.25. The third-order valence-corrected chi connectivity index (χ3v) is 3.22. The number of aliphatic hydroxyl groups is 1. The molecule has 1 rings (SSSR count). The van der Waals surface area contributed by atoms with Crippen LogP contribution in [-0.4, -0.2) is 31.9 Å². The van der Waals surface area contributed by atoms with Gasteiger partial charge in [-0.15, -0.1) is 0 Å². The third kappa shape index (κ3) is 2.76. The number of sulfonamides is 1. The Hall–Kier alpha value is -0.130. The molecule has 0 amide bonds. The summed E-state index contributed by atoms with van der Waals surface area (Å²) < 4.78 is 24.4. The SMILES string of the molecule is O=S(=O)(CCO)NC1CCC1. The zero-order chi connectivity index (χ0) is 8.32. The lowest BCUT2D eigenvalue weighted by atomic mass is 9.94. The van der Waals surface area contributed by atoms with Crippen molar-refractivity contribution in [3.05, 3.63) is 0 Å². The van der Waals surface area contributed by atoms with Gasteiger partial charge in [0.1, 0.15) is 0 Å². The Labute approximate surface area is 66.7 Å². The van der Waals surface area contributed by atoms with Gasteiger partial charge in [-0.2, -0.15) is 0 Å². The monoisotopic (exact) mass is 179 g/mol. The van der Waals surface area contributed by atoms with Crippen LogP contribution in [0.15, 0.2) is 0 Å². The van der Waals surface area contributed by atoms with Gasteiger partial charge in [0.05, 0.1) is 12.4 Å². The van der Waals surface area contributed by atoms with Crippen LogP contribution in [0.2, 0.25) is 0 Å². The molecule has 0 atom stereocenters. The topological polar surface area (TPSA) is 66.4 Å². The predicted molar refractivity (Wildman–Crippen MR) is 41.6 cm³/mol. The summed E-state index contributed by atoms with van der Waals surface area (Å²) in [6, 6.07) is 0.131. The van der Waals surface area contributed by atoms with E-state index in [-0.39, 0.29) is 18.4 Å². The molecule has 11 heavy (non-hydrogen) atoms. The van der Waals surface area contributed by atoms with Crippen molar-refractivity contribution in [2.24, 2.45) is 0 Å². The van der Waals surface area contributed by atoms with E-state index in [1.165, 1.54) is 0 Å². The molecule has 4 nitrogen and oxygen atoms in total. The highest BCUT2D eigenvalue weighted by molar-refractivity contribution is 7.89. The highest BCUT2D eigenvalue weighted by Crippen LogP contribution is 2.18. The molecule has 5 heteroatoms. The van der Waals surface area contributed by atoms with Crippen LogP contribution in [0.5, 0.6) is 0 Å². The summed E-state index contributed by atoms with van der Waals surface area (Å²) in [6.07, 6.45) is 2.97. The molecule has 0 aromatic rings. The van der Waals surface area contributed by atoms with Crippen molar-refractivity contribution in [1.82, 2.24) is 4.72 Å². The highest BCUT2D eigenvalue weighted by atomic mass is 32.2. The van der Waals surface area contributed by atoms with Crippen molar-refractivity contribution in [1.29, 1.82) is 0 Å². The first-order valence-electron chi connectivity index (χ1n) is 3.75. The maximum atomic E-state index is 11.0. The summed E-state index contributed by atoms with van der Waals surface area (Å²) in [5, 5.41) is 8.39. The van der Waals surface area contributed by atoms with E-state index in [2.05, 4.69) is 4.72 Å². The van der Waals surface area contributed by atoms with Gasteiger partial charge in [0.2, 0.25) is 10.0 Å². The van der Waals surface area contributed by atoms with Crippen molar-refractivity contribution >= 4 is 10.0 Å². The first-order valence-corrected chi connectivity index (χ1v) is 5.40. The molecule has 66 valence electrons. The van der Waals surface area contributed by atoms with Crippen LogP contribution in [0.1, 0.15) is 19.3 Å². The average molecular weight is 179 g/mol. The van der Waals surface area contributed by atoms with E-state index in [0.717, 1.165) is 19.3 Å². The maximum absolute atomic E-state index is 11.0. The van der Waals surface area contributed by atoms with Gasteiger partial charge >= 0.3 is 0 Å². The molecule has 0 spiro atoms. The van der Waals surface area contributed by atoms with Gasteiger partial charge in [-0.1, -0.05) is 6.42 Å². The van der Waals surface area contributed by atoms with Gasteiger partial charge in [0.15, 0.2) is 0 Å². The fourth-order valence-electron chi connectivity index (χ4n) is 0.959. The largest absolute Gasteiger partial charge is 0.395 e. The quantitative estimate of drug-likeness (QED) is 0.608. The van der Waals surface area contributed by atoms with Gasteiger partial charge in [-0.3, -0.25) is 0 Å². The highest BCUT2D eigenvalue weighted by Gasteiger charge is 2.22. The van der Waals surface area contributed by atoms with E-state index in [9.17, 15) is 8.42 Å². The third-order valence-electron chi connectivity index (χ3n) is 1.81. The van der Waals surface area contributed by atoms with Crippen LogP contribution in [0.25, 0.3) is 0 Å². The molecule has 0 heterocycles. The minimum absolute atomic E-state index is 0.131. The van der Waals surface area contributed by atoms with Crippen LogP contribution in [0.3, 0.4) is 0 Å². The Balaban J connectivity index is 2.33. The fourth-order valence-corrected chi connectivity index (χ4v) is 2.06. The maximum Gasteiger partial charge on any atom is 0.214 e. The molecular weight excluding hydrogens is 166 g/mol. The Kier molecular flexibility index (Phi) is 2.86. The first-order chi connectivity index (χ1) is 5.14. The predicted octanol–water partition coefficient (Wildman–Crippen LogP) is -0.549. The minimum atomic E-state index is -3.19. The number of rotatable bonds is 4. The van der Waals surface area contributed by atoms with E-state index in [4.69, 9.17) is 5.11 Å². The molecular formula is C6H13NO3S. The Morgan fingerprint density at radius 3 is 2.45 bits per heavy atom. The second kappa shape index (κ2) is 3.51. The van der Waals surface area contributed by atoms with E-state index >= 15 is 0 Å². The summed E-state index contributed by atoms with van der Waals surface area (Å²) in [5.41, 5.74) is 0. The van der Waals surface area contributed by atoms with Crippen molar-refractivity contribution < 1.29 is 13.5 Å². The van der Waals surface area contributed by atoms with Crippen LogP contribution < -0.4 is 4.72 Å². The van der Waals surface area contributed by atoms with E-state index < -0.39 is 10.0 Å².